The Balaban J connectivity index is 1.57. The van der Waals surface area contributed by atoms with Crippen LogP contribution in [0.25, 0.3) is 11.1 Å². The van der Waals surface area contributed by atoms with Crippen molar-refractivity contribution in [3.63, 3.8) is 0 Å². The van der Waals surface area contributed by atoms with E-state index < -0.39 is 17.6 Å². The molecule has 2 bridgehead atoms. The SMILES string of the molecule is CCc1ccc(-c2ccc(Cl)cc2)cc1C1C(=O)[C@H]2O[C@](C)(C[C@@H]2c2ccc(Cl)cc2)C1=O. The van der Waals surface area contributed by atoms with Crippen molar-refractivity contribution in [2.24, 2.45) is 0 Å². The molecule has 5 heteroatoms. The molecule has 2 fully saturated rings. The van der Waals surface area contributed by atoms with Crippen LogP contribution in [0.5, 0.6) is 0 Å². The van der Waals surface area contributed by atoms with Gasteiger partial charge in [-0.2, -0.15) is 0 Å². The van der Waals surface area contributed by atoms with Crippen molar-refractivity contribution in [3.8, 4) is 11.1 Å². The molecule has 3 aromatic rings. The normalized spacial score (nSPS) is 26.6. The molecule has 3 nitrogen and oxygen atoms in total. The van der Waals surface area contributed by atoms with Gasteiger partial charge in [0, 0.05) is 16.0 Å². The minimum absolute atomic E-state index is 0.150. The Morgan fingerprint density at radius 2 is 1.52 bits per heavy atom. The van der Waals surface area contributed by atoms with Crippen LogP contribution in [0.1, 0.15) is 48.8 Å². The number of carbonyl (C=O) groups is 2. The quantitative estimate of drug-likeness (QED) is 0.387. The maximum atomic E-state index is 13.8. The Hall–Kier alpha value is -2.46. The molecule has 2 saturated heterocycles. The van der Waals surface area contributed by atoms with E-state index in [1.54, 1.807) is 0 Å². The van der Waals surface area contributed by atoms with Gasteiger partial charge < -0.3 is 4.74 Å². The summed E-state index contributed by atoms with van der Waals surface area (Å²) in [5.41, 5.74) is 3.72. The fourth-order valence-electron chi connectivity index (χ4n) is 5.26. The molecule has 0 N–H and O–H groups in total. The third kappa shape index (κ3) is 3.82. The Bertz CT molecular complexity index is 1230. The predicted molar refractivity (Wildman–Crippen MR) is 131 cm³/mol. The van der Waals surface area contributed by atoms with Crippen LogP contribution in [-0.4, -0.2) is 23.3 Å². The first-order chi connectivity index (χ1) is 15.8. The van der Waals surface area contributed by atoms with Gasteiger partial charge in [-0.05, 0) is 77.9 Å². The molecule has 0 aromatic heterocycles. The first kappa shape index (κ1) is 22.3. The van der Waals surface area contributed by atoms with Crippen LogP contribution in [0.4, 0.5) is 0 Å². The summed E-state index contributed by atoms with van der Waals surface area (Å²) in [6.45, 7) is 3.87. The first-order valence-electron chi connectivity index (χ1n) is 11.2. The fraction of sp³-hybridized carbons (Fsp3) is 0.286. The van der Waals surface area contributed by atoms with Gasteiger partial charge in [-0.15, -0.1) is 0 Å². The van der Waals surface area contributed by atoms with Gasteiger partial charge >= 0.3 is 0 Å². The number of carbonyl (C=O) groups excluding carboxylic acids is 2. The van der Waals surface area contributed by atoms with Crippen LogP contribution in [0, 0.1) is 0 Å². The van der Waals surface area contributed by atoms with Crippen LogP contribution < -0.4 is 0 Å². The Morgan fingerprint density at radius 1 is 0.909 bits per heavy atom. The third-order valence-electron chi connectivity index (χ3n) is 7.02. The van der Waals surface area contributed by atoms with E-state index in [1.165, 1.54) is 0 Å². The second kappa shape index (κ2) is 8.39. The van der Waals surface area contributed by atoms with Crippen LogP contribution in [0.3, 0.4) is 0 Å². The molecule has 168 valence electrons. The minimum atomic E-state index is -0.991. The molecule has 33 heavy (non-hydrogen) atoms. The lowest BCUT2D eigenvalue weighted by molar-refractivity contribution is -0.161. The number of ketones is 2. The number of ether oxygens (including phenoxy) is 1. The van der Waals surface area contributed by atoms with Gasteiger partial charge in [0.05, 0.1) is 0 Å². The highest BCUT2D eigenvalue weighted by Gasteiger charge is 2.60. The molecule has 2 aliphatic rings. The molecule has 0 spiro atoms. The largest absolute Gasteiger partial charge is 0.356 e. The topological polar surface area (TPSA) is 43.4 Å². The van der Waals surface area contributed by atoms with Crippen LogP contribution in [-0.2, 0) is 20.7 Å². The van der Waals surface area contributed by atoms with Crippen molar-refractivity contribution >= 4 is 34.8 Å². The van der Waals surface area contributed by atoms with E-state index in [2.05, 4.69) is 0 Å². The highest BCUT2D eigenvalue weighted by atomic mass is 35.5. The number of benzene rings is 3. The summed E-state index contributed by atoms with van der Waals surface area (Å²) in [5.74, 6) is -1.30. The molecule has 1 unspecified atom stereocenters. The number of Topliss-reactive ketones (excluding diaryl/α,β-unsaturated/α-hetero) is 2. The monoisotopic (exact) mass is 478 g/mol. The van der Waals surface area contributed by atoms with Gasteiger partial charge in [-0.1, -0.05) is 66.5 Å². The summed E-state index contributed by atoms with van der Waals surface area (Å²) in [5, 5.41) is 1.30. The van der Waals surface area contributed by atoms with E-state index >= 15 is 0 Å². The zero-order valence-corrected chi connectivity index (χ0v) is 20.0. The van der Waals surface area contributed by atoms with Crippen LogP contribution in [0.15, 0.2) is 66.7 Å². The summed E-state index contributed by atoms with van der Waals surface area (Å²) in [4.78, 5) is 27.5. The summed E-state index contributed by atoms with van der Waals surface area (Å²) in [6.07, 6.45) is 0.567. The van der Waals surface area contributed by atoms with Crippen LogP contribution >= 0.6 is 23.2 Å². The van der Waals surface area contributed by atoms with Crippen molar-refractivity contribution in [3.05, 3.63) is 93.5 Å². The Morgan fingerprint density at radius 3 is 2.15 bits per heavy atom. The standard InChI is InChI=1S/C28H24Cl2O3/c1-3-16-4-5-19(17-6-10-20(29)11-7-17)14-22(16)24-25(31)26-23(15-28(2,33-26)27(24)32)18-8-12-21(30)13-9-18/h4-14,23-24,26H,3,15H2,1-2H3/t23-,24?,26+,28-/m1/s1. The molecule has 5 rings (SSSR count). The molecule has 0 aliphatic carbocycles. The summed E-state index contributed by atoms with van der Waals surface area (Å²) >= 11 is 12.1. The number of fused-ring (bicyclic) bond motifs is 2. The lowest BCUT2D eigenvalue weighted by Crippen LogP contribution is -2.49. The first-order valence-corrected chi connectivity index (χ1v) is 12.0. The maximum absolute atomic E-state index is 13.8. The summed E-state index contributed by atoms with van der Waals surface area (Å²) in [6, 6.07) is 21.1. The van der Waals surface area contributed by atoms with Crippen molar-refractivity contribution in [1.29, 1.82) is 0 Å². The van der Waals surface area contributed by atoms with Gasteiger partial charge in [0.2, 0.25) is 0 Å². The van der Waals surface area contributed by atoms with Crippen molar-refractivity contribution in [1.82, 2.24) is 0 Å². The second-order valence-electron chi connectivity index (χ2n) is 9.11. The van der Waals surface area contributed by atoms with Gasteiger partial charge in [0.1, 0.15) is 17.6 Å². The minimum Gasteiger partial charge on any atom is -0.356 e. The van der Waals surface area contributed by atoms with Crippen LogP contribution in [0.2, 0.25) is 10.0 Å². The molecule has 0 saturated carbocycles. The molecule has 3 aromatic carbocycles. The van der Waals surface area contributed by atoms with Gasteiger partial charge in [0.25, 0.3) is 0 Å². The zero-order valence-electron chi connectivity index (χ0n) is 18.5. The number of halogens is 2. The molecular formula is C28H24Cl2O3. The second-order valence-corrected chi connectivity index (χ2v) is 9.98. The average Bonchev–Trinajstić information content (AvgIpc) is 3.15. The highest BCUT2D eigenvalue weighted by molar-refractivity contribution is 6.30. The lowest BCUT2D eigenvalue weighted by Gasteiger charge is -2.34. The summed E-state index contributed by atoms with van der Waals surface area (Å²) < 4.78 is 6.11. The summed E-state index contributed by atoms with van der Waals surface area (Å²) in [7, 11) is 0. The fourth-order valence-corrected chi connectivity index (χ4v) is 5.51. The van der Waals surface area contributed by atoms with Gasteiger partial charge in [-0.25, -0.2) is 0 Å². The average molecular weight is 479 g/mol. The van der Waals surface area contributed by atoms with E-state index in [-0.39, 0.29) is 17.5 Å². The van der Waals surface area contributed by atoms with Gasteiger partial charge in [0.15, 0.2) is 11.6 Å². The smallest absolute Gasteiger partial charge is 0.179 e. The Kier molecular flexibility index (Phi) is 5.68. The number of rotatable bonds is 4. The lowest BCUT2D eigenvalue weighted by atomic mass is 9.78. The number of hydrogen-bond acceptors (Lipinski definition) is 3. The molecule has 2 heterocycles. The van der Waals surface area contributed by atoms with E-state index in [4.69, 9.17) is 27.9 Å². The predicted octanol–water partition coefficient (Wildman–Crippen LogP) is 6.79. The number of aryl methyl sites for hydroxylation is 1. The van der Waals surface area contributed by atoms with E-state index in [0.29, 0.717) is 16.5 Å². The molecule has 2 aliphatic heterocycles. The van der Waals surface area contributed by atoms with Gasteiger partial charge in [-0.3, -0.25) is 9.59 Å². The molecule has 4 atom stereocenters. The molecule has 0 amide bonds. The van der Waals surface area contributed by atoms with Crippen molar-refractivity contribution in [2.75, 3.05) is 0 Å². The molecule has 0 radical (unpaired) electrons. The zero-order chi connectivity index (χ0) is 23.3. The van der Waals surface area contributed by atoms with E-state index in [1.807, 2.05) is 80.6 Å². The maximum Gasteiger partial charge on any atom is 0.179 e. The highest BCUT2D eigenvalue weighted by Crippen LogP contribution is 2.50. The molecular weight excluding hydrogens is 455 g/mol. The number of hydrogen-bond donors (Lipinski definition) is 0. The van der Waals surface area contributed by atoms with E-state index in [9.17, 15) is 9.59 Å². The van der Waals surface area contributed by atoms with Crippen molar-refractivity contribution < 1.29 is 14.3 Å². The Labute approximate surface area is 203 Å². The van der Waals surface area contributed by atoms with E-state index in [0.717, 1.165) is 34.2 Å². The third-order valence-corrected chi connectivity index (χ3v) is 7.53. The van der Waals surface area contributed by atoms with Crippen molar-refractivity contribution in [2.45, 2.75) is 50.2 Å².